The quantitative estimate of drug-likeness (QED) is 0.843. The Morgan fingerprint density at radius 1 is 1.56 bits per heavy atom. The lowest BCUT2D eigenvalue weighted by atomic mass is 9.97. The minimum Gasteiger partial charge on any atom is -0.381 e. The van der Waals surface area contributed by atoms with E-state index in [4.69, 9.17) is 0 Å². The first-order valence-electron chi connectivity index (χ1n) is 5.69. The number of carbonyl (C=O) groups excluding carboxylic acids is 1. The van der Waals surface area contributed by atoms with Gasteiger partial charge in [-0.05, 0) is 18.1 Å². The number of pyridine rings is 1. The number of hydrogen-bond acceptors (Lipinski definition) is 3. The van der Waals surface area contributed by atoms with E-state index in [9.17, 15) is 4.79 Å². The molecule has 2 rings (SSSR count). The van der Waals surface area contributed by atoms with Crippen molar-refractivity contribution in [2.75, 3.05) is 0 Å². The molecule has 0 aromatic carbocycles. The van der Waals surface area contributed by atoms with Crippen LogP contribution in [-0.4, -0.2) is 10.8 Å². The molecular formula is C13H16N2O. The van der Waals surface area contributed by atoms with Gasteiger partial charge in [0.2, 0.25) is 0 Å². The van der Waals surface area contributed by atoms with E-state index in [2.05, 4.69) is 17.2 Å². The van der Waals surface area contributed by atoms with E-state index in [1.807, 2.05) is 18.3 Å². The van der Waals surface area contributed by atoms with Gasteiger partial charge < -0.3 is 5.32 Å². The van der Waals surface area contributed by atoms with E-state index in [0.29, 0.717) is 6.42 Å². The van der Waals surface area contributed by atoms with Gasteiger partial charge in [-0.15, -0.1) is 0 Å². The fourth-order valence-electron chi connectivity index (χ4n) is 1.97. The standard InChI is InChI=1S/C13H16N2O/c1-2-4-11-7-12(16)8-13(15-11)10-5-3-6-14-9-10/h3,5-7,9,13,15H,2,4,8H2,1H3. The molecular weight excluding hydrogens is 200 g/mol. The fourth-order valence-corrected chi connectivity index (χ4v) is 1.97. The second kappa shape index (κ2) is 4.92. The first kappa shape index (κ1) is 10.9. The van der Waals surface area contributed by atoms with Crippen LogP contribution in [-0.2, 0) is 4.79 Å². The first-order valence-corrected chi connectivity index (χ1v) is 5.69. The summed E-state index contributed by atoms with van der Waals surface area (Å²) in [6.07, 6.45) is 7.81. The van der Waals surface area contributed by atoms with Crippen molar-refractivity contribution in [3.63, 3.8) is 0 Å². The summed E-state index contributed by atoms with van der Waals surface area (Å²) in [6, 6.07) is 4.00. The van der Waals surface area contributed by atoms with Crippen LogP contribution in [0.5, 0.6) is 0 Å². The number of nitrogens with one attached hydrogen (secondary N) is 1. The van der Waals surface area contributed by atoms with Gasteiger partial charge in [0, 0.05) is 30.6 Å². The lowest BCUT2D eigenvalue weighted by Crippen LogP contribution is -2.28. The Morgan fingerprint density at radius 3 is 3.12 bits per heavy atom. The monoisotopic (exact) mass is 216 g/mol. The smallest absolute Gasteiger partial charge is 0.159 e. The zero-order valence-corrected chi connectivity index (χ0v) is 9.44. The summed E-state index contributed by atoms with van der Waals surface area (Å²) in [5.74, 6) is 0.205. The van der Waals surface area contributed by atoms with Gasteiger partial charge in [0.25, 0.3) is 0 Å². The van der Waals surface area contributed by atoms with Crippen molar-refractivity contribution in [2.45, 2.75) is 32.2 Å². The lowest BCUT2D eigenvalue weighted by molar-refractivity contribution is -0.115. The molecule has 1 N–H and O–H groups in total. The van der Waals surface area contributed by atoms with Crippen LogP contribution in [0.15, 0.2) is 36.3 Å². The third kappa shape index (κ3) is 2.48. The molecule has 1 aromatic heterocycles. The Morgan fingerprint density at radius 2 is 2.44 bits per heavy atom. The molecule has 0 saturated heterocycles. The van der Waals surface area contributed by atoms with E-state index in [0.717, 1.165) is 24.1 Å². The maximum Gasteiger partial charge on any atom is 0.159 e. The topological polar surface area (TPSA) is 42.0 Å². The summed E-state index contributed by atoms with van der Waals surface area (Å²) >= 11 is 0. The summed E-state index contributed by atoms with van der Waals surface area (Å²) in [6.45, 7) is 2.11. The highest BCUT2D eigenvalue weighted by Crippen LogP contribution is 2.23. The number of carbonyl (C=O) groups is 1. The molecule has 1 aliphatic rings. The van der Waals surface area contributed by atoms with Crippen LogP contribution in [0.4, 0.5) is 0 Å². The molecule has 0 spiro atoms. The van der Waals surface area contributed by atoms with Crippen molar-refractivity contribution in [3.05, 3.63) is 41.9 Å². The number of nitrogens with zero attached hydrogens (tertiary/aromatic N) is 1. The Bertz CT molecular complexity index is 398. The third-order valence-corrected chi connectivity index (χ3v) is 2.71. The molecule has 0 bridgehead atoms. The van der Waals surface area contributed by atoms with Gasteiger partial charge in [0.1, 0.15) is 0 Å². The van der Waals surface area contributed by atoms with Gasteiger partial charge >= 0.3 is 0 Å². The first-order chi connectivity index (χ1) is 7.79. The van der Waals surface area contributed by atoms with Gasteiger partial charge in [0.15, 0.2) is 5.78 Å². The molecule has 0 radical (unpaired) electrons. The van der Waals surface area contributed by atoms with Crippen LogP contribution in [0, 0.1) is 0 Å². The summed E-state index contributed by atoms with van der Waals surface area (Å²) in [5.41, 5.74) is 2.13. The van der Waals surface area contributed by atoms with Gasteiger partial charge in [-0.2, -0.15) is 0 Å². The van der Waals surface area contributed by atoms with Crippen LogP contribution in [0.2, 0.25) is 0 Å². The molecule has 1 aliphatic heterocycles. The molecule has 0 aliphatic carbocycles. The van der Waals surface area contributed by atoms with Crippen molar-refractivity contribution in [2.24, 2.45) is 0 Å². The van der Waals surface area contributed by atoms with Crippen molar-refractivity contribution in [1.29, 1.82) is 0 Å². The molecule has 0 amide bonds. The van der Waals surface area contributed by atoms with Crippen molar-refractivity contribution >= 4 is 5.78 Å². The molecule has 0 saturated carbocycles. The molecule has 3 heteroatoms. The average Bonchev–Trinajstić information content (AvgIpc) is 2.30. The SMILES string of the molecule is CCCC1=CC(=O)CC(c2cccnc2)N1. The highest BCUT2D eigenvalue weighted by atomic mass is 16.1. The normalized spacial score (nSPS) is 20.2. The summed E-state index contributed by atoms with van der Waals surface area (Å²) < 4.78 is 0. The van der Waals surface area contributed by atoms with Crippen molar-refractivity contribution < 1.29 is 4.79 Å². The zero-order chi connectivity index (χ0) is 11.4. The summed E-state index contributed by atoms with van der Waals surface area (Å²) in [7, 11) is 0. The van der Waals surface area contributed by atoms with Crippen LogP contribution >= 0.6 is 0 Å². The second-order valence-corrected chi connectivity index (χ2v) is 4.07. The average molecular weight is 216 g/mol. The van der Waals surface area contributed by atoms with Crippen molar-refractivity contribution in [1.82, 2.24) is 10.3 Å². The number of allylic oxidation sites excluding steroid dienone is 2. The lowest BCUT2D eigenvalue weighted by Gasteiger charge is -2.24. The number of hydrogen-bond donors (Lipinski definition) is 1. The third-order valence-electron chi connectivity index (χ3n) is 2.71. The van der Waals surface area contributed by atoms with Crippen LogP contribution < -0.4 is 5.32 Å². The minimum absolute atomic E-state index is 0.0905. The molecule has 3 nitrogen and oxygen atoms in total. The maximum atomic E-state index is 11.6. The number of rotatable bonds is 3. The van der Waals surface area contributed by atoms with Gasteiger partial charge in [-0.3, -0.25) is 9.78 Å². The number of aromatic nitrogens is 1. The second-order valence-electron chi connectivity index (χ2n) is 4.07. The van der Waals surface area contributed by atoms with Crippen LogP contribution in [0.25, 0.3) is 0 Å². The van der Waals surface area contributed by atoms with E-state index >= 15 is 0 Å². The molecule has 1 atom stereocenters. The Kier molecular flexibility index (Phi) is 3.34. The molecule has 2 heterocycles. The fraction of sp³-hybridized carbons (Fsp3) is 0.385. The molecule has 1 aromatic rings. The molecule has 16 heavy (non-hydrogen) atoms. The predicted molar refractivity (Wildman–Crippen MR) is 62.7 cm³/mol. The zero-order valence-electron chi connectivity index (χ0n) is 9.44. The highest BCUT2D eigenvalue weighted by molar-refractivity contribution is 5.91. The van der Waals surface area contributed by atoms with Crippen molar-refractivity contribution in [3.8, 4) is 0 Å². The molecule has 84 valence electrons. The molecule has 0 fully saturated rings. The van der Waals surface area contributed by atoms with E-state index in [-0.39, 0.29) is 11.8 Å². The largest absolute Gasteiger partial charge is 0.381 e. The highest BCUT2D eigenvalue weighted by Gasteiger charge is 2.20. The van der Waals surface area contributed by atoms with Crippen LogP contribution in [0.3, 0.4) is 0 Å². The Labute approximate surface area is 95.6 Å². The van der Waals surface area contributed by atoms with E-state index < -0.39 is 0 Å². The Hall–Kier alpha value is -1.64. The van der Waals surface area contributed by atoms with E-state index in [1.54, 1.807) is 12.3 Å². The molecule has 1 unspecified atom stereocenters. The summed E-state index contributed by atoms with van der Waals surface area (Å²) in [5, 5.41) is 3.40. The summed E-state index contributed by atoms with van der Waals surface area (Å²) in [4.78, 5) is 15.7. The Balaban J connectivity index is 2.15. The maximum absolute atomic E-state index is 11.6. The van der Waals surface area contributed by atoms with Gasteiger partial charge in [-0.1, -0.05) is 19.4 Å². The predicted octanol–water partition coefficient (Wildman–Crippen LogP) is 2.37. The van der Waals surface area contributed by atoms with Gasteiger partial charge in [0.05, 0.1) is 6.04 Å². The van der Waals surface area contributed by atoms with Crippen LogP contribution in [0.1, 0.15) is 37.8 Å². The van der Waals surface area contributed by atoms with Gasteiger partial charge in [-0.25, -0.2) is 0 Å². The van der Waals surface area contributed by atoms with E-state index in [1.165, 1.54) is 0 Å². The minimum atomic E-state index is 0.0905. The number of ketones is 1.